The van der Waals surface area contributed by atoms with Gasteiger partial charge in [-0.3, -0.25) is 0 Å². The zero-order valence-electron chi connectivity index (χ0n) is 7.93. The lowest BCUT2D eigenvalue weighted by Crippen LogP contribution is -2.43. The molecule has 2 nitrogen and oxygen atoms in total. The van der Waals surface area contributed by atoms with Gasteiger partial charge in [-0.15, -0.1) is 0 Å². The number of hydrogen-bond acceptors (Lipinski definition) is 2. The van der Waals surface area contributed by atoms with Gasteiger partial charge in [0.1, 0.15) is 0 Å². The van der Waals surface area contributed by atoms with Crippen LogP contribution in [0.5, 0.6) is 0 Å². The molecule has 1 N–H and O–H groups in total. The molecule has 68 valence electrons. The smallest absolute Gasteiger partial charge is 0.0884 e. The van der Waals surface area contributed by atoms with E-state index in [1.807, 2.05) is 6.92 Å². The second kappa shape index (κ2) is 3.68. The summed E-state index contributed by atoms with van der Waals surface area (Å²) in [5.74, 6) is 0. The average molecular weight is 174 g/mol. The SMILES string of the molecule is Cc1c#cc(N2CCNCC2)cc1. The molecule has 0 unspecified atom stereocenters. The molecule has 2 heteroatoms. The van der Waals surface area contributed by atoms with Crippen LogP contribution < -0.4 is 10.2 Å². The van der Waals surface area contributed by atoms with Crippen LogP contribution in [0.4, 0.5) is 5.69 Å². The average Bonchev–Trinajstić information content (AvgIpc) is 2.20. The lowest BCUT2D eigenvalue weighted by molar-refractivity contribution is 0.589. The van der Waals surface area contributed by atoms with E-state index in [1.165, 1.54) is 5.69 Å². The predicted molar refractivity (Wildman–Crippen MR) is 53.9 cm³/mol. The summed E-state index contributed by atoms with van der Waals surface area (Å²) in [5, 5.41) is 3.33. The standard InChI is InChI=1S/C11H14N2/c1-10-2-4-11(5-3-10)13-8-6-12-7-9-13/h2,4,12H,6-9H2,1H3. The van der Waals surface area contributed by atoms with Gasteiger partial charge in [-0.05, 0) is 30.7 Å². The summed E-state index contributed by atoms with van der Waals surface area (Å²) >= 11 is 0. The van der Waals surface area contributed by atoms with E-state index in [-0.39, 0.29) is 0 Å². The highest BCUT2D eigenvalue weighted by Gasteiger charge is 2.09. The van der Waals surface area contributed by atoms with Crippen molar-refractivity contribution in [2.75, 3.05) is 31.1 Å². The van der Waals surface area contributed by atoms with Crippen molar-refractivity contribution in [3.05, 3.63) is 29.8 Å². The Hall–Kier alpha value is -1.20. The number of nitrogens with zero attached hydrogens (tertiary/aromatic N) is 1. The topological polar surface area (TPSA) is 15.3 Å². The van der Waals surface area contributed by atoms with Gasteiger partial charge in [0.2, 0.25) is 0 Å². The molecule has 1 aromatic carbocycles. The first-order valence-corrected chi connectivity index (χ1v) is 4.72. The minimum atomic E-state index is 1.07. The Balaban J connectivity index is 2.10. The first-order chi connectivity index (χ1) is 6.36. The van der Waals surface area contributed by atoms with E-state index in [0.717, 1.165) is 31.7 Å². The molecular weight excluding hydrogens is 160 g/mol. The van der Waals surface area contributed by atoms with E-state index < -0.39 is 0 Å². The maximum Gasteiger partial charge on any atom is 0.0884 e. The van der Waals surface area contributed by atoms with Gasteiger partial charge in [0.05, 0.1) is 5.69 Å². The van der Waals surface area contributed by atoms with Crippen molar-refractivity contribution in [2.24, 2.45) is 0 Å². The second-order valence-electron chi connectivity index (χ2n) is 3.39. The molecule has 1 heterocycles. The minimum Gasteiger partial charge on any atom is -0.362 e. The maximum absolute atomic E-state index is 3.33. The number of anilines is 1. The highest BCUT2D eigenvalue weighted by Crippen LogP contribution is 2.10. The summed E-state index contributed by atoms with van der Waals surface area (Å²) in [6.45, 7) is 6.34. The first kappa shape index (κ1) is 8.40. The zero-order valence-corrected chi connectivity index (χ0v) is 7.93. The minimum absolute atomic E-state index is 1.07. The summed E-state index contributed by atoms with van der Waals surface area (Å²) < 4.78 is 0. The van der Waals surface area contributed by atoms with Gasteiger partial charge in [-0.25, -0.2) is 0 Å². The van der Waals surface area contributed by atoms with Crippen molar-refractivity contribution < 1.29 is 0 Å². The fraction of sp³-hybridized carbons (Fsp3) is 0.455. The van der Waals surface area contributed by atoms with Gasteiger partial charge in [0.25, 0.3) is 0 Å². The van der Waals surface area contributed by atoms with Crippen LogP contribution in [-0.2, 0) is 0 Å². The van der Waals surface area contributed by atoms with Crippen molar-refractivity contribution >= 4 is 5.69 Å². The van der Waals surface area contributed by atoms with E-state index in [1.54, 1.807) is 0 Å². The summed E-state index contributed by atoms with van der Waals surface area (Å²) in [6, 6.07) is 10.5. The summed E-state index contributed by atoms with van der Waals surface area (Å²) in [6.07, 6.45) is 0. The number of aryl methyl sites for hydroxylation is 1. The molecule has 13 heavy (non-hydrogen) atoms. The van der Waals surface area contributed by atoms with Crippen LogP contribution in [0.25, 0.3) is 0 Å². The van der Waals surface area contributed by atoms with Gasteiger partial charge >= 0.3 is 0 Å². The van der Waals surface area contributed by atoms with Crippen LogP contribution in [0.2, 0.25) is 0 Å². The Labute approximate surface area is 79.6 Å². The summed E-state index contributed by atoms with van der Waals surface area (Å²) in [4.78, 5) is 2.34. The molecule has 0 aliphatic carbocycles. The zero-order chi connectivity index (χ0) is 9.10. The normalized spacial score (nSPS) is 16.8. The quantitative estimate of drug-likeness (QED) is 0.683. The third kappa shape index (κ3) is 1.93. The Morgan fingerprint density at radius 1 is 1.23 bits per heavy atom. The molecular formula is C11H14N2. The van der Waals surface area contributed by atoms with Crippen molar-refractivity contribution in [1.82, 2.24) is 5.32 Å². The molecule has 1 aliphatic rings. The van der Waals surface area contributed by atoms with Crippen molar-refractivity contribution in [3.8, 4) is 0 Å². The van der Waals surface area contributed by atoms with Crippen LogP contribution in [0.15, 0.2) is 12.1 Å². The molecule has 0 bridgehead atoms. The van der Waals surface area contributed by atoms with Gasteiger partial charge in [-0.1, -0.05) is 6.07 Å². The Morgan fingerprint density at radius 2 is 2.00 bits per heavy atom. The molecule has 1 fully saturated rings. The molecule has 0 atom stereocenters. The third-order valence-corrected chi connectivity index (χ3v) is 2.34. The van der Waals surface area contributed by atoms with Gasteiger partial charge in [0.15, 0.2) is 0 Å². The van der Waals surface area contributed by atoms with E-state index >= 15 is 0 Å². The Bertz CT molecular complexity index is 260. The Kier molecular flexibility index (Phi) is 2.37. The third-order valence-electron chi connectivity index (χ3n) is 2.34. The monoisotopic (exact) mass is 174 g/mol. The molecule has 0 saturated carbocycles. The van der Waals surface area contributed by atoms with E-state index in [2.05, 4.69) is 34.5 Å². The molecule has 0 spiro atoms. The molecule has 1 aliphatic heterocycles. The highest BCUT2D eigenvalue weighted by molar-refractivity contribution is 5.43. The summed E-state index contributed by atoms with van der Waals surface area (Å²) in [5.41, 5.74) is 2.32. The molecule has 2 rings (SSSR count). The highest BCUT2D eigenvalue weighted by atomic mass is 15.2. The molecule has 0 radical (unpaired) electrons. The van der Waals surface area contributed by atoms with Crippen molar-refractivity contribution in [1.29, 1.82) is 0 Å². The first-order valence-electron chi connectivity index (χ1n) is 4.72. The lowest BCUT2D eigenvalue weighted by Gasteiger charge is -2.28. The number of hydrogen-bond donors (Lipinski definition) is 1. The molecule has 1 aromatic rings. The van der Waals surface area contributed by atoms with Crippen LogP contribution in [-0.4, -0.2) is 26.2 Å². The molecule has 1 saturated heterocycles. The van der Waals surface area contributed by atoms with E-state index in [9.17, 15) is 0 Å². The van der Waals surface area contributed by atoms with Gasteiger partial charge < -0.3 is 10.2 Å². The lowest BCUT2D eigenvalue weighted by atomic mass is 10.2. The van der Waals surface area contributed by atoms with Gasteiger partial charge in [0, 0.05) is 26.2 Å². The predicted octanol–water partition coefficient (Wildman–Crippen LogP) is 1.00. The fourth-order valence-electron chi connectivity index (χ4n) is 1.54. The van der Waals surface area contributed by atoms with Crippen LogP contribution in [0, 0.1) is 19.1 Å². The van der Waals surface area contributed by atoms with Gasteiger partial charge in [-0.2, -0.15) is 0 Å². The number of piperazine rings is 1. The number of rotatable bonds is 1. The summed E-state index contributed by atoms with van der Waals surface area (Å²) in [7, 11) is 0. The van der Waals surface area contributed by atoms with Crippen LogP contribution in [0.3, 0.4) is 0 Å². The van der Waals surface area contributed by atoms with Crippen molar-refractivity contribution in [3.63, 3.8) is 0 Å². The fourth-order valence-corrected chi connectivity index (χ4v) is 1.54. The second-order valence-corrected chi connectivity index (χ2v) is 3.39. The van der Waals surface area contributed by atoms with E-state index in [0.29, 0.717) is 0 Å². The Morgan fingerprint density at radius 3 is 2.62 bits per heavy atom. The largest absolute Gasteiger partial charge is 0.362 e. The molecule has 0 aromatic heterocycles. The molecule has 0 amide bonds. The van der Waals surface area contributed by atoms with Crippen LogP contribution in [0.1, 0.15) is 5.56 Å². The number of nitrogens with one attached hydrogen (secondary N) is 1. The van der Waals surface area contributed by atoms with E-state index in [4.69, 9.17) is 0 Å². The van der Waals surface area contributed by atoms with Crippen molar-refractivity contribution in [2.45, 2.75) is 6.92 Å². The maximum atomic E-state index is 3.33. The van der Waals surface area contributed by atoms with Crippen LogP contribution >= 0.6 is 0 Å².